The molecule has 1 saturated heterocycles. The average molecular weight is 309 g/mol. The molecule has 0 atom stereocenters. The Bertz CT molecular complexity index is 678. The molecule has 4 heteroatoms. The van der Waals surface area contributed by atoms with Crippen LogP contribution in [0.3, 0.4) is 0 Å². The van der Waals surface area contributed by atoms with Crippen molar-refractivity contribution in [3.63, 3.8) is 0 Å². The van der Waals surface area contributed by atoms with Gasteiger partial charge in [-0.1, -0.05) is 42.5 Å². The smallest absolute Gasteiger partial charge is 0.338 e. The lowest BCUT2D eigenvalue weighted by Crippen LogP contribution is -2.49. The van der Waals surface area contributed by atoms with Crippen molar-refractivity contribution < 1.29 is 14.3 Å². The van der Waals surface area contributed by atoms with Gasteiger partial charge in [0.25, 0.3) is 0 Å². The van der Waals surface area contributed by atoms with Gasteiger partial charge in [0.1, 0.15) is 6.29 Å². The molecule has 3 rings (SSSR count). The molecular weight excluding hydrogens is 290 g/mol. The van der Waals surface area contributed by atoms with Crippen LogP contribution in [0.4, 0.5) is 0 Å². The van der Waals surface area contributed by atoms with Crippen molar-refractivity contribution in [3.05, 3.63) is 60.2 Å². The van der Waals surface area contributed by atoms with Gasteiger partial charge in [-0.15, -0.1) is 0 Å². The second-order valence-electron chi connectivity index (χ2n) is 5.80. The molecule has 1 fully saturated rings. The summed E-state index contributed by atoms with van der Waals surface area (Å²) in [6.45, 7) is 2.50. The highest BCUT2D eigenvalue weighted by atomic mass is 16.5. The number of ether oxygens (including phenoxy) is 1. The highest BCUT2D eigenvalue weighted by Gasteiger charge is 2.27. The van der Waals surface area contributed by atoms with Crippen LogP contribution in [0.1, 0.15) is 10.4 Å². The monoisotopic (exact) mass is 309 g/mol. The number of hydrogen-bond acceptors (Lipinski definition) is 4. The van der Waals surface area contributed by atoms with E-state index < -0.39 is 0 Å². The molecule has 0 saturated carbocycles. The number of rotatable bonds is 6. The van der Waals surface area contributed by atoms with E-state index in [1.165, 1.54) is 0 Å². The molecule has 2 aromatic carbocycles. The van der Waals surface area contributed by atoms with E-state index in [4.69, 9.17) is 4.74 Å². The maximum atomic E-state index is 12.2. The molecule has 0 amide bonds. The summed E-state index contributed by atoms with van der Waals surface area (Å²) in [6, 6.07) is 17.4. The molecule has 0 aromatic heterocycles. The molecule has 2 aromatic rings. The molecule has 0 bridgehead atoms. The maximum absolute atomic E-state index is 12.2. The molecule has 4 nitrogen and oxygen atoms in total. The average Bonchev–Trinajstić information content (AvgIpc) is 2.57. The van der Waals surface area contributed by atoms with Crippen LogP contribution in [-0.4, -0.2) is 43.4 Å². The minimum atomic E-state index is -0.295. The third kappa shape index (κ3) is 3.85. The van der Waals surface area contributed by atoms with Crippen LogP contribution in [0, 0.1) is 5.92 Å². The van der Waals surface area contributed by atoms with Crippen molar-refractivity contribution in [3.8, 4) is 11.1 Å². The van der Waals surface area contributed by atoms with Crippen molar-refractivity contribution in [2.45, 2.75) is 0 Å². The quantitative estimate of drug-likeness (QED) is 0.608. The fraction of sp³-hybridized carbons (Fsp3) is 0.263. The van der Waals surface area contributed by atoms with Crippen molar-refractivity contribution in [1.29, 1.82) is 0 Å². The van der Waals surface area contributed by atoms with Crippen LogP contribution in [-0.2, 0) is 9.53 Å². The minimum Gasteiger partial charge on any atom is -0.462 e. The summed E-state index contributed by atoms with van der Waals surface area (Å²) < 4.78 is 5.40. The van der Waals surface area contributed by atoms with E-state index in [1.807, 2.05) is 53.4 Å². The fourth-order valence-corrected chi connectivity index (χ4v) is 2.77. The maximum Gasteiger partial charge on any atom is 0.338 e. The zero-order valence-corrected chi connectivity index (χ0v) is 12.9. The van der Waals surface area contributed by atoms with Crippen LogP contribution < -0.4 is 0 Å². The summed E-state index contributed by atoms with van der Waals surface area (Å²) in [5.41, 5.74) is 2.64. The topological polar surface area (TPSA) is 46.6 Å². The highest BCUT2D eigenvalue weighted by molar-refractivity contribution is 5.91. The van der Waals surface area contributed by atoms with E-state index in [1.54, 1.807) is 6.07 Å². The van der Waals surface area contributed by atoms with Crippen LogP contribution in [0.2, 0.25) is 0 Å². The Labute approximate surface area is 135 Å². The number of likely N-dealkylation sites (tertiary alicyclic amines) is 1. The summed E-state index contributed by atoms with van der Waals surface area (Å²) in [7, 11) is 0. The van der Waals surface area contributed by atoms with Gasteiger partial charge in [-0.2, -0.15) is 0 Å². The van der Waals surface area contributed by atoms with Gasteiger partial charge in [-0.3, -0.25) is 4.90 Å². The Morgan fingerprint density at radius 2 is 1.83 bits per heavy atom. The van der Waals surface area contributed by atoms with Gasteiger partial charge in [-0.05, 0) is 23.3 Å². The Balaban J connectivity index is 1.57. The van der Waals surface area contributed by atoms with Crippen molar-refractivity contribution in [2.75, 3.05) is 26.2 Å². The van der Waals surface area contributed by atoms with Gasteiger partial charge in [0, 0.05) is 19.0 Å². The van der Waals surface area contributed by atoms with Crippen LogP contribution in [0.5, 0.6) is 0 Å². The van der Waals surface area contributed by atoms with Gasteiger partial charge in [0.05, 0.1) is 18.7 Å². The lowest BCUT2D eigenvalue weighted by Gasteiger charge is -2.37. The summed E-state index contributed by atoms with van der Waals surface area (Å²) in [6.07, 6.45) is 0.900. The predicted molar refractivity (Wildman–Crippen MR) is 88.2 cm³/mol. The first-order chi connectivity index (χ1) is 11.3. The standard InChI is InChI=1S/C19H19NO3/c21-10-9-20-12-15(13-20)14-23-19(22)18-8-4-7-17(11-18)16-5-2-1-3-6-16/h1-8,10-11,15H,9,12-14H2. The van der Waals surface area contributed by atoms with Gasteiger partial charge >= 0.3 is 5.97 Å². The Morgan fingerprint density at radius 1 is 1.09 bits per heavy atom. The molecule has 0 spiro atoms. The first kappa shape index (κ1) is 15.4. The SMILES string of the molecule is O=CCN1CC(COC(=O)c2cccc(-c3ccccc3)c2)C1. The van der Waals surface area contributed by atoms with E-state index in [-0.39, 0.29) is 5.97 Å². The number of benzene rings is 2. The third-order valence-corrected chi connectivity index (χ3v) is 4.02. The first-order valence-electron chi connectivity index (χ1n) is 7.75. The summed E-state index contributed by atoms with van der Waals surface area (Å²) >= 11 is 0. The number of carbonyl (C=O) groups excluding carboxylic acids is 2. The normalized spacial score (nSPS) is 15.0. The largest absolute Gasteiger partial charge is 0.462 e. The van der Waals surface area contributed by atoms with E-state index >= 15 is 0 Å². The minimum absolute atomic E-state index is 0.295. The van der Waals surface area contributed by atoms with Gasteiger partial charge in [-0.25, -0.2) is 4.79 Å². The van der Waals surface area contributed by atoms with E-state index in [2.05, 4.69) is 0 Å². The number of aldehydes is 1. The molecule has 1 heterocycles. The highest BCUT2D eigenvalue weighted by Crippen LogP contribution is 2.21. The molecule has 0 aliphatic carbocycles. The zero-order chi connectivity index (χ0) is 16.1. The number of carbonyl (C=O) groups is 2. The fourth-order valence-electron chi connectivity index (χ4n) is 2.77. The summed E-state index contributed by atoms with van der Waals surface area (Å²) in [5.74, 6) is 0.0350. The van der Waals surface area contributed by atoms with Crippen molar-refractivity contribution in [2.24, 2.45) is 5.92 Å². The third-order valence-electron chi connectivity index (χ3n) is 4.02. The van der Waals surface area contributed by atoms with Crippen LogP contribution in [0.25, 0.3) is 11.1 Å². The molecule has 1 aliphatic rings. The number of hydrogen-bond donors (Lipinski definition) is 0. The summed E-state index contributed by atoms with van der Waals surface area (Å²) in [5, 5.41) is 0. The van der Waals surface area contributed by atoms with Gasteiger partial charge in [0.15, 0.2) is 0 Å². The lowest BCUT2D eigenvalue weighted by molar-refractivity contribution is -0.110. The van der Waals surface area contributed by atoms with Crippen molar-refractivity contribution >= 4 is 12.3 Å². The predicted octanol–water partition coefficient (Wildman–Crippen LogP) is 2.64. The molecule has 0 N–H and O–H groups in total. The Hall–Kier alpha value is -2.46. The Morgan fingerprint density at radius 3 is 2.57 bits per heavy atom. The number of nitrogens with zero attached hydrogens (tertiary/aromatic N) is 1. The first-order valence-corrected chi connectivity index (χ1v) is 7.75. The molecule has 0 radical (unpaired) electrons. The van der Waals surface area contributed by atoms with Gasteiger partial charge in [0.2, 0.25) is 0 Å². The van der Waals surface area contributed by atoms with Gasteiger partial charge < -0.3 is 9.53 Å². The summed E-state index contributed by atoms with van der Waals surface area (Å²) in [4.78, 5) is 24.6. The van der Waals surface area contributed by atoms with E-state index in [0.29, 0.717) is 24.6 Å². The zero-order valence-electron chi connectivity index (χ0n) is 12.9. The van der Waals surface area contributed by atoms with E-state index in [9.17, 15) is 9.59 Å². The van der Waals surface area contributed by atoms with Crippen LogP contribution >= 0.6 is 0 Å². The van der Waals surface area contributed by atoms with E-state index in [0.717, 1.165) is 30.5 Å². The molecule has 118 valence electrons. The van der Waals surface area contributed by atoms with Crippen LogP contribution in [0.15, 0.2) is 54.6 Å². The Kier molecular flexibility index (Phi) is 4.83. The van der Waals surface area contributed by atoms with Crippen molar-refractivity contribution in [1.82, 2.24) is 4.90 Å². The molecule has 0 unspecified atom stereocenters. The molecular formula is C19H19NO3. The number of esters is 1. The lowest BCUT2D eigenvalue weighted by atomic mass is 10.0. The molecule has 1 aliphatic heterocycles. The molecule has 23 heavy (non-hydrogen) atoms. The second-order valence-corrected chi connectivity index (χ2v) is 5.80. The second kappa shape index (κ2) is 7.20.